The molecule has 0 amide bonds. The maximum atomic E-state index is 5.73. The van der Waals surface area contributed by atoms with Crippen molar-refractivity contribution in [1.29, 1.82) is 0 Å². The van der Waals surface area contributed by atoms with Crippen LogP contribution < -0.4 is 0 Å². The van der Waals surface area contributed by atoms with E-state index in [4.69, 9.17) is 17.0 Å². The summed E-state index contributed by atoms with van der Waals surface area (Å²) in [7, 11) is -0.892. The molecule has 0 aliphatic heterocycles. The van der Waals surface area contributed by atoms with E-state index in [2.05, 4.69) is 19.6 Å². The highest BCUT2D eigenvalue weighted by molar-refractivity contribution is 7.80. The molecule has 1 aliphatic rings. The summed E-state index contributed by atoms with van der Waals surface area (Å²) in [6.07, 6.45) is 7.75. The standard InChI is InChI=1S/C13H26OSSi/c1-16(2,3)11-7-10-14-13(15)12-8-5-4-6-9-12/h12H,4-11H2,1-3H3. The highest BCUT2D eigenvalue weighted by atomic mass is 32.1. The lowest BCUT2D eigenvalue weighted by molar-refractivity contribution is 0.273. The lowest BCUT2D eigenvalue weighted by Gasteiger charge is -2.23. The molecule has 1 rings (SSSR count). The molecule has 1 saturated carbocycles. The smallest absolute Gasteiger partial charge is 0.162 e. The zero-order valence-electron chi connectivity index (χ0n) is 11.1. The quantitative estimate of drug-likeness (QED) is 0.404. The van der Waals surface area contributed by atoms with Gasteiger partial charge in [0.1, 0.15) is 0 Å². The normalized spacial score (nSPS) is 18.4. The highest BCUT2D eigenvalue weighted by Crippen LogP contribution is 2.25. The topological polar surface area (TPSA) is 9.23 Å². The fourth-order valence-corrected chi connectivity index (χ4v) is 3.76. The molecule has 94 valence electrons. The van der Waals surface area contributed by atoms with Crippen LogP contribution in [-0.2, 0) is 4.74 Å². The van der Waals surface area contributed by atoms with Gasteiger partial charge in [0.15, 0.2) is 5.05 Å². The van der Waals surface area contributed by atoms with Gasteiger partial charge in [0.2, 0.25) is 0 Å². The van der Waals surface area contributed by atoms with Crippen molar-refractivity contribution in [2.75, 3.05) is 6.61 Å². The van der Waals surface area contributed by atoms with E-state index in [1.54, 1.807) is 0 Å². The monoisotopic (exact) mass is 258 g/mol. The van der Waals surface area contributed by atoms with E-state index >= 15 is 0 Å². The summed E-state index contributed by atoms with van der Waals surface area (Å²) in [5.41, 5.74) is 0. The maximum Gasteiger partial charge on any atom is 0.162 e. The second-order valence-corrected chi connectivity index (χ2v) is 12.2. The summed E-state index contributed by atoms with van der Waals surface area (Å²) in [6, 6.07) is 1.35. The van der Waals surface area contributed by atoms with Crippen molar-refractivity contribution in [3.8, 4) is 0 Å². The van der Waals surface area contributed by atoms with Crippen molar-refractivity contribution >= 4 is 25.3 Å². The van der Waals surface area contributed by atoms with Gasteiger partial charge in [0.05, 0.1) is 6.61 Å². The lowest BCUT2D eigenvalue weighted by Crippen LogP contribution is -2.22. The van der Waals surface area contributed by atoms with Crippen molar-refractivity contribution < 1.29 is 4.74 Å². The summed E-state index contributed by atoms with van der Waals surface area (Å²) in [5, 5.41) is 0.898. The van der Waals surface area contributed by atoms with E-state index in [0.717, 1.165) is 11.7 Å². The molecule has 0 spiro atoms. The molecule has 0 atom stereocenters. The van der Waals surface area contributed by atoms with Gasteiger partial charge < -0.3 is 4.74 Å². The predicted octanol–water partition coefficient (Wildman–Crippen LogP) is 4.64. The van der Waals surface area contributed by atoms with Crippen molar-refractivity contribution in [2.45, 2.75) is 64.2 Å². The van der Waals surface area contributed by atoms with Crippen LogP contribution in [0.3, 0.4) is 0 Å². The van der Waals surface area contributed by atoms with E-state index in [1.165, 1.54) is 44.6 Å². The maximum absolute atomic E-state index is 5.73. The first kappa shape index (κ1) is 14.2. The Morgan fingerprint density at radius 2 is 1.81 bits per heavy atom. The van der Waals surface area contributed by atoms with Gasteiger partial charge in [-0.15, -0.1) is 0 Å². The third-order valence-corrected chi connectivity index (χ3v) is 5.56. The number of thiocarbonyl (C=S) groups is 1. The number of hydrogen-bond acceptors (Lipinski definition) is 2. The van der Waals surface area contributed by atoms with Crippen LogP contribution in [0.25, 0.3) is 0 Å². The molecular formula is C13H26OSSi. The molecule has 0 bridgehead atoms. The van der Waals surface area contributed by atoms with Crippen LogP contribution >= 0.6 is 12.2 Å². The van der Waals surface area contributed by atoms with E-state index in [-0.39, 0.29) is 0 Å². The first-order valence-electron chi connectivity index (χ1n) is 6.66. The second kappa shape index (κ2) is 6.75. The first-order chi connectivity index (χ1) is 7.49. The molecule has 1 aliphatic carbocycles. The van der Waals surface area contributed by atoms with Crippen molar-refractivity contribution in [3.05, 3.63) is 0 Å². The molecule has 0 aromatic rings. The molecule has 0 saturated heterocycles. The fraction of sp³-hybridized carbons (Fsp3) is 0.923. The van der Waals surface area contributed by atoms with Crippen LogP contribution in [0.5, 0.6) is 0 Å². The third kappa shape index (κ3) is 5.99. The number of hydrogen-bond donors (Lipinski definition) is 0. The average molecular weight is 259 g/mol. The van der Waals surface area contributed by atoms with Crippen molar-refractivity contribution in [1.82, 2.24) is 0 Å². The largest absolute Gasteiger partial charge is 0.487 e. The summed E-state index contributed by atoms with van der Waals surface area (Å²) >= 11 is 5.37. The SMILES string of the molecule is C[Si](C)(C)CCCOC(=S)C1CCCCC1. The Kier molecular flexibility index (Phi) is 5.98. The van der Waals surface area contributed by atoms with Crippen LogP contribution in [0.2, 0.25) is 25.7 Å². The Hall–Kier alpha value is 0.107. The lowest BCUT2D eigenvalue weighted by atomic mass is 9.90. The minimum Gasteiger partial charge on any atom is -0.487 e. The van der Waals surface area contributed by atoms with Gasteiger partial charge in [-0.2, -0.15) is 0 Å². The Balaban J connectivity index is 2.10. The molecule has 0 N–H and O–H groups in total. The third-order valence-electron chi connectivity index (χ3n) is 3.25. The van der Waals surface area contributed by atoms with E-state index in [9.17, 15) is 0 Å². The molecule has 0 unspecified atom stereocenters. The van der Waals surface area contributed by atoms with Gasteiger partial charge in [0.25, 0.3) is 0 Å². The van der Waals surface area contributed by atoms with E-state index < -0.39 is 8.07 Å². The van der Waals surface area contributed by atoms with Crippen LogP contribution in [0.1, 0.15) is 38.5 Å². The Labute approximate surface area is 107 Å². The zero-order chi connectivity index (χ0) is 12.0. The first-order valence-corrected chi connectivity index (χ1v) is 10.8. The van der Waals surface area contributed by atoms with Crippen LogP contribution in [0.4, 0.5) is 0 Å². The number of rotatable bonds is 5. The number of ether oxygens (including phenoxy) is 1. The fourth-order valence-electron chi connectivity index (χ4n) is 2.23. The molecule has 16 heavy (non-hydrogen) atoms. The molecule has 3 heteroatoms. The van der Waals surface area contributed by atoms with Gasteiger partial charge >= 0.3 is 0 Å². The van der Waals surface area contributed by atoms with Gasteiger partial charge in [0, 0.05) is 14.0 Å². The van der Waals surface area contributed by atoms with Crippen LogP contribution in [0.15, 0.2) is 0 Å². The zero-order valence-corrected chi connectivity index (χ0v) is 12.9. The Morgan fingerprint density at radius 3 is 2.38 bits per heavy atom. The summed E-state index contributed by atoms with van der Waals surface area (Å²) in [4.78, 5) is 0. The van der Waals surface area contributed by atoms with Gasteiger partial charge in [-0.25, -0.2) is 0 Å². The van der Waals surface area contributed by atoms with Crippen LogP contribution in [-0.4, -0.2) is 19.7 Å². The van der Waals surface area contributed by atoms with Crippen LogP contribution in [0, 0.1) is 5.92 Å². The minimum atomic E-state index is -0.892. The van der Waals surface area contributed by atoms with E-state index in [1.807, 2.05) is 0 Å². The molecule has 0 aromatic heterocycles. The van der Waals surface area contributed by atoms with Gasteiger partial charge in [-0.1, -0.05) is 44.9 Å². The Bertz CT molecular complexity index is 216. The van der Waals surface area contributed by atoms with Crippen molar-refractivity contribution in [2.24, 2.45) is 5.92 Å². The second-order valence-electron chi connectivity index (χ2n) is 6.17. The Morgan fingerprint density at radius 1 is 1.19 bits per heavy atom. The molecule has 1 fully saturated rings. The van der Waals surface area contributed by atoms with Crippen molar-refractivity contribution in [3.63, 3.8) is 0 Å². The average Bonchev–Trinajstić information content (AvgIpc) is 2.24. The van der Waals surface area contributed by atoms with E-state index in [0.29, 0.717) is 5.92 Å². The summed E-state index contributed by atoms with van der Waals surface area (Å²) < 4.78 is 5.73. The predicted molar refractivity (Wildman–Crippen MR) is 77.9 cm³/mol. The highest BCUT2D eigenvalue weighted by Gasteiger charge is 2.19. The molecule has 0 heterocycles. The van der Waals surface area contributed by atoms with Gasteiger partial charge in [-0.3, -0.25) is 0 Å². The summed E-state index contributed by atoms with van der Waals surface area (Å²) in [6.45, 7) is 8.07. The molecule has 0 aromatic carbocycles. The molecule has 0 radical (unpaired) electrons. The molecular weight excluding hydrogens is 232 g/mol. The van der Waals surface area contributed by atoms with Gasteiger partial charge in [-0.05, 0) is 31.5 Å². The summed E-state index contributed by atoms with van der Waals surface area (Å²) in [5.74, 6) is 0.579. The molecule has 1 nitrogen and oxygen atoms in total. The minimum absolute atomic E-state index is 0.579.